The molecule has 3 aromatic carbocycles. The quantitative estimate of drug-likeness (QED) is 0.265. The molecule has 0 atom stereocenters. The maximum Gasteiger partial charge on any atom is 0.270 e. The third kappa shape index (κ3) is 6.35. The number of hydrogen-bond acceptors (Lipinski definition) is 7. The molecule has 2 amide bonds. The molecule has 1 saturated heterocycles. The van der Waals surface area contributed by atoms with Crippen molar-refractivity contribution < 1.29 is 19.1 Å². The largest absolute Gasteiger partial charge is 0.490 e. The fraction of sp³-hybridized carbons (Fsp3) is 0.207. The highest BCUT2D eigenvalue weighted by Gasteiger charge is 2.33. The number of benzene rings is 3. The van der Waals surface area contributed by atoms with Gasteiger partial charge in [0, 0.05) is 25.5 Å². The average molecular weight is 548 g/mol. The van der Waals surface area contributed by atoms with Gasteiger partial charge in [-0.25, -0.2) is 0 Å². The molecule has 1 N–H and O–H groups in total. The van der Waals surface area contributed by atoms with E-state index in [4.69, 9.17) is 21.7 Å². The van der Waals surface area contributed by atoms with E-state index in [1.54, 1.807) is 23.1 Å². The van der Waals surface area contributed by atoms with E-state index in [2.05, 4.69) is 5.32 Å². The summed E-state index contributed by atoms with van der Waals surface area (Å²) >= 11 is 6.77. The van der Waals surface area contributed by atoms with Crippen LogP contribution in [0.3, 0.4) is 0 Å². The van der Waals surface area contributed by atoms with Crippen LogP contribution in [0.25, 0.3) is 6.08 Å². The first kappa shape index (κ1) is 27.2. The van der Waals surface area contributed by atoms with Crippen molar-refractivity contribution in [1.82, 2.24) is 0 Å². The Balaban J connectivity index is 1.47. The van der Waals surface area contributed by atoms with Crippen LogP contribution in [0, 0.1) is 6.92 Å². The Morgan fingerprint density at radius 1 is 1.05 bits per heavy atom. The van der Waals surface area contributed by atoms with Gasteiger partial charge in [0.25, 0.3) is 11.8 Å². The second kappa shape index (κ2) is 12.1. The van der Waals surface area contributed by atoms with E-state index in [9.17, 15) is 9.59 Å². The molecule has 9 heteroatoms. The van der Waals surface area contributed by atoms with Gasteiger partial charge < -0.3 is 19.7 Å². The Morgan fingerprint density at radius 3 is 2.47 bits per heavy atom. The molecule has 0 radical (unpaired) electrons. The van der Waals surface area contributed by atoms with Crippen LogP contribution in [0.1, 0.15) is 18.1 Å². The number of ether oxygens (including phenoxy) is 2. The molecular formula is C29H29N3O4S2. The van der Waals surface area contributed by atoms with E-state index < -0.39 is 0 Å². The minimum absolute atomic E-state index is 0.168. The first-order valence-corrected chi connectivity index (χ1v) is 13.3. The predicted octanol–water partition coefficient (Wildman–Crippen LogP) is 5.88. The zero-order chi connectivity index (χ0) is 27.2. The number of para-hydroxylation sites is 1. The number of carbonyl (C=O) groups excluding carboxylic acids is 2. The summed E-state index contributed by atoms with van der Waals surface area (Å²) in [7, 11) is 3.93. The summed E-state index contributed by atoms with van der Waals surface area (Å²) in [6.07, 6.45) is 1.78. The summed E-state index contributed by atoms with van der Waals surface area (Å²) in [5, 5.41) is 2.85. The fourth-order valence-corrected chi connectivity index (χ4v) is 5.09. The zero-order valence-corrected chi connectivity index (χ0v) is 23.3. The second-order valence-corrected chi connectivity index (χ2v) is 10.4. The smallest absolute Gasteiger partial charge is 0.270 e. The van der Waals surface area contributed by atoms with Gasteiger partial charge in [0.05, 0.1) is 17.2 Å². The van der Waals surface area contributed by atoms with Crippen LogP contribution < -0.4 is 24.6 Å². The van der Waals surface area contributed by atoms with E-state index in [-0.39, 0.29) is 18.4 Å². The topological polar surface area (TPSA) is 71.1 Å². The first-order chi connectivity index (χ1) is 18.3. The van der Waals surface area contributed by atoms with Gasteiger partial charge in [-0.1, -0.05) is 48.2 Å². The highest BCUT2D eigenvalue weighted by molar-refractivity contribution is 8.27. The number of nitrogens with zero attached hydrogens (tertiary/aromatic N) is 2. The Hall–Kier alpha value is -3.82. The lowest BCUT2D eigenvalue weighted by Crippen LogP contribution is -2.27. The molecule has 1 fully saturated rings. The van der Waals surface area contributed by atoms with Gasteiger partial charge in [0.2, 0.25) is 0 Å². The minimum Gasteiger partial charge on any atom is -0.490 e. The monoisotopic (exact) mass is 547 g/mol. The van der Waals surface area contributed by atoms with E-state index in [0.717, 1.165) is 28.2 Å². The molecule has 0 bridgehead atoms. The number of anilines is 3. The molecule has 0 unspecified atom stereocenters. The lowest BCUT2D eigenvalue weighted by atomic mass is 10.1. The predicted molar refractivity (Wildman–Crippen MR) is 159 cm³/mol. The van der Waals surface area contributed by atoms with Crippen molar-refractivity contribution in [2.45, 2.75) is 13.8 Å². The molecule has 38 heavy (non-hydrogen) atoms. The standard InChI is InChI=1S/C29H29N3O4S2/c1-5-35-25-16-20(10-15-24(25)36-18-27(33)30-23-9-7-6-8-19(23)2)17-26-28(34)32(29(37)38-26)22-13-11-21(12-14-22)31(3)4/h6-17H,5,18H2,1-4H3,(H,30,33)/b26-17+. The molecule has 3 aromatic rings. The molecule has 4 rings (SSSR count). The van der Waals surface area contributed by atoms with Gasteiger partial charge in [-0.3, -0.25) is 14.5 Å². The molecular weight excluding hydrogens is 518 g/mol. The summed E-state index contributed by atoms with van der Waals surface area (Å²) in [4.78, 5) is 29.7. The van der Waals surface area contributed by atoms with Gasteiger partial charge in [-0.15, -0.1) is 0 Å². The summed E-state index contributed by atoms with van der Waals surface area (Å²) in [6, 6.07) is 20.6. The number of thioether (sulfide) groups is 1. The van der Waals surface area contributed by atoms with Crippen LogP contribution in [-0.2, 0) is 9.59 Å². The molecule has 1 aliphatic rings. The normalized spacial score (nSPS) is 14.1. The number of hydrogen-bond donors (Lipinski definition) is 1. The molecule has 0 aliphatic carbocycles. The third-order valence-corrected chi connectivity index (χ3v) is 7.06. The van der Waals surface area contributed by atoms with Crippen LogP contribution in [0.4, 0.5) is 17.1 Å². The summed E-state index contributed by atoms with van der Waals surface area (Å²) in [6.45, 7) is 4.05. The lowest BCUT2D eigenvalue weighted by Gasteiger charge is -2.17. The minimum atomic E-state index is -0.270. The molecule has 0 aromatic heterocycles. The maximum atomic E-state index is 13.2. The Labute approximate surface area is 232 Å². The third-order valence-electron chi connectivity index (χ3n) is 5.76. The van der Waals surface area contributed by atoms with Crippen molar-refractivity contribution >= 4 is 63.3 Å². The number of thiocarbonyl (C=S) groups is 1. The van der Waals surface area contributed by atoms with Crippen molar-refractivity contribution in [1.29, 1.82) is 0 Å². The van der Waals surface area contributed by atoms with Crippen molar-refractivity contribution in [3.8, 4) is 11.5 Å². The van der Waals surface area contributed by atoms with Crippen LogP contribution in [0.5, 0.6) is 11.5 Å². The van der Waals surface area contributed by atoms with Gasteiger partial charge in [-0.05, 0) is 73.5 Å². The molecule has 7 nitrogen and oxygen atoms in total. The van der Waals surface area contributed by atoms with Crippen LogP contribution in [-0.4, -0.2) is 43.4 Å². The van der Waals surface area contributed by atoms with Crippen LogP contribution >= 0.6 is 24.0 Å². The van der Waals surface area contributed by atoms with E-state index >= 15 is 0 Å². The highest BCUT2D eigenvalue weighted by atomic mass is 32.2. The van der Waals surface area contributed by atoms with E-state index in [0.29, 0.717) is 27.3 Å². The fourth-order valence-electron chi connectivity index (χ4n) is 3.79. The Bertz CT molecular complexity index is 1390. The first-order valence-electron chi connectivity index (χ1n) is 12.1. The highest BCUT2D eigenvalue weighted by Crippen LogP contribution is 2.37. The average Bonchev–Trinajstić information content (AvgIpc) is 3.17. The molecule has 1 aliphatic heterocycles. The number of aryl methyl sites for hydroxylation is 1. The van der Waals surface area contributed by atoms with Gasteiger partial charge in [0.15, 0.2) is 22.4 Å². The Morgan fingerprint density at radius 2 is 1.79 bits per heavy atom. The summed E-state index contributed by atoms with van der Waals surface area (Å²) in [5.41, 5.74) is 4.23. The second-order valence-electron chi connectivity index (χ2n) is 8.72. The number of carbonyl (C=O) groups is 2. The number of amides is 2. The van der Waals surface area contributed by atoms with Crippen molar-refractivity contribution in [2.24, 2.45) is 0 Å². The van der Waals surface area contributed by atoms with Gasteiger partial charge in [0.1, 0.15) is 0 Å². The van der Waals surface area contributed by atoms with Crippen molar-refractivity contribution in [2.75, 3.05) is 42.4 Å². The van der Waals surface area contributed by atoms with Crippen molar-refractivity contribution in [3.63, 3.8) is 0 Å². The number of nitrogens with one attached hydrogen (secondary N) is 1. The molecule has 0 saturated carbocycles. The Kier molecular flexibility index (Phi) is 8.70. The van der Waals surface area contributed by atoms with Crippen molar-refractivity contribution in [3.05, 3.63) is 82.8 Å². The van der Waals surface area contributed by atoms with E-state index in [1.807, 2.05) is 87.4 Å². The van der Waals surface area contributed by atoms with Gasteiger partial charge >= 0.3 is 0 Å². The zero-order valence-electron chi connectivity index (χ0n) is 21.7. The molecule has 1 heterocycles. The van der Waals surface area contributed by atoms with E-state index in [1.165, 1.54) is 11.8 Å². The van der Waals surface area contributed by atoms with Gasteiger partial charge in [-0.2, -0.15) is 0 Å². The summed E-state index contributed by atoms with van der Waals surface area (Å²) < 4.78 is 12.0. The lowest BCUT2D eigenvalue weighted by molar-refractivity contribution is -0.118. The SMILES string of the molecule is CCOc1cc(/C=C2/SC(=S)N(c3ccc(N(C)C)cc3)C2=O)ccc1OCC(=O)Nc1ccccc1C. The van der Waals surface area contributed by atoms with Crippen LogP contribution in [0.15, 0.2) is 71.6 Å². The summed E-state index contributed by atoms with van der Waals surface area (Å²) in [5.74, 6) is 0.481. The molecule has 196 valence electrons. The number of rotatable bonds is 9. The maximum absolute atomic E-state index is 13.2. The molecule has 0 spiro atoms. The van der Waals surface area contributed by atoms with Crippen LogP contribution in [0.2, 0.25) is 0 Å².